The van der Waals surface area contributed by atoms with Gasteiger partial charge >= 0.3 is 0 Å². The van der Waals surface area contributed by atoms with Gasteiger partial charge in [0, 0.05) is 10.8 Å². The van der Waals surface area contributed by atoms with E-state index in [0.717, 1.165) is 22.1 Å². The van der Waals surface area contributed by atoms with Gasteiger partial charge in [-0.05, 0) is 17.7 Å². The average molecular weight is 278 g/mol. The number of nitrogens with zero attached hydrogens (tertiary/aromatic N) is 3. The molecule has 3 rings (SSSR count). The second-order valence-electron chi connectivity index (χ2n) is 4.43. The van der Waals surface area contributed by atoms with Gasteiger partial charge in [0.15, 0.2) is 5.82 Å². The van der Waals surface area contributed by atoms with Crippen LogP contribution in [-0.4, -0.2) is 23.5 Å². The van der Waals surface area contributed by atoms with E-state index in [2.05, 4.69) is 20.7 Å². The summed E-state index contributed by atoms with van der Waals surface area (Å²) in [7, 11) is 1.64. The van der Waals surface area contributed by atoms with Gasteiger partial charge in [0.25, 0.3) is 0 Å². The van der Waals surface area contributed by atoms with E-state index >= 15 is 0 Å². The van der Waals surface area contributed by atoms with E-state index in [1.54, 1.807) is 19.5 Å². The van der Waals surface area contributed by atoms with Gasteiger partial charge in [0.1, 0.15) is 5.75 Å². The maximum absolute atomic E-state index is 5.17. The summed E-state index contributed by atoms with van der Waals surface area (Å²) >= 11 is 0. The summed E-state index contributed by atoms with van der Waals surface area (Å²) in [6, 6.07) is 15.5. The zero-order valence-corrected chi connectivity index (χ0v) is 11.5. The topological polar surface area (TPSA) is 59.4 Å². The number of nitrogens with one attached hydrogen (secondary N) is 1. The highest BCUT2D eigenvalue weighted by molar-refractivity contribution is 5.91. The SMILES string of the molecule is COc1cccc(/C=N\Nc2nncc3ccccc23)c1. The molecule has 3 aromatic rings. The Balaban J connectivity index is 1.81. The van der Waals surface area contributed by atoms with Crippen LogP contribution in [0.5, 0.6) is 5.75 Å². The molecule has 0 saturated heterocycles. The van der Waals surface area contributed by atoms with E-state index < -0.39 is 0 Å². The van der Waals surface area contributed by atoms with Crippen molar-refractivity contribution >= 4 is 22.8 Å². The van der Waals surface area contributed by atoms with E-state index in [0.29, 0.717) is 5.82 Å². The van der Waals surface area contributed by atoms with Crippen LogP contribution < -0.4 is 10.2 Å². The monoisotopic (exact) mass is 278 g/mol. The highest BCUT2D eigenvalue weighted by Crippen LogP contribution is 2.19. The van der Waals surface area contributed by atoms with E-state index in [9.17, 15) is 0 Å². The van der Waals surface area contributed by atoms with Gasteiger partial charge in [-0.2, -0.15) is 10.2 Å². The molecule has 0 atom stereocenters. The lowest BCUT2D eigenvalue weighted by molar-refractivity contribution is 0.415. The Morgan fingerprint density at radius 1 is 1.14 bits per heavy atom. The van der Waals surface area contributed by atoms with Gasteiger partial charge in [0.05, 0.1) is 19.5 Å². The van der Waals surface area contributed by atoms with Gasteiger partial charge in [-0.25, -0.2) is 0 Å². The lowest BCUT2D eigenvalue weighted by Gasteiger charge is -2.03. The van der Waals surface area contributed by atoms with Gasteiger partial charge in [-0.15, -0.1) is 5.10 Å². The quantitative estimate of drug-likeness (QED) is 0.588. The van der Waals surface area contributed by atoms with Crippen molar-refractivity contribution < 1.29 is 4.74 Å². The molecule has 0 aliphatic heterocycles. The number of methoxy groups -OCH3 is 1. The molecule has 0 fully saturated rings. The van der Waals surface area contributed by atoms with E-state index in [1.165, 1.54) is 0 Å². The first-order valence-corrected chi connectivity index (χ1v) is 6.50. The standard InChI is InChI=1S/C16H14N4O/c1-21-14-7-4-5-12(9-14)10-17-19-16-15-8-3-2-6-13(15)11-18-20-16/h2-11H,1H3,(H,19,20)/b17-10-. The van der Waals surface area contributed by atoms with E-state index in [-0.39, 0.29) is 0 Å². The van der Waals surface area contributed by atoms with Crippen molar-refractivity contribution in [2.45, 2.75) is 0 Å². The Morgan fingerprint density at radius 2 is 2.05 bits per heavy atom. The maximum Gasteiger partial charge on any atom is 0.176 e. The Bertz CT molecular complexity index is 781. The molecule has 0 bridgehead atoms. The fraction of sp³-hybridized carbons (Fsp3) is 0.0625. The first-order chi connectivity index (χ1) is 10.4. The van der Waals surface area contributed by atoms with E-state index in [4.69, 9.17) is 4.74 Å². The number of ether oxygens (including phenoxy) is 1. The van der Waals surface area contributed by atoms with Crippen molar-refractivity contribution in [2.24, 2.45) is 5.10 Å². The maximum atomic E-state index is 5.17. The van der Waals surface area contributed by atoms with Gasteiger partial charge in [0.2, 0.25) is 0 Å². The highest BCUT2D eigenvalue weighted by Gasteiger charge is 2.00. The number of fused-ring (bicyclic) bond motifs is 1. The number of rotatable bonds is 4. The largest absolute Gasteiger partial charge is 0.497 e. The molecule has 0 radical (unpaired) electrons. The van der Waals surface area contributed by atoms with E-state index in [1.807, 2.05) is 48.5 Å². The van der Waals surface area contributed by atoms with Gasteiger partial charge in [-0.3, -0.25) is 5.43 Å². The zero-order chi connectivity index (χ0) is 14.5. The molecule has 5 nitrogen and oxygen atoms in total. The minimum Gasteiger partial charge on any atom is -0.497 e. The van der Waals surface area contributed by atoms with Crippen molar-refractivity contribution in [3.8, 4) is 5.75 Å². The molecule has 0 saturated carbocycles. The molecule has 1 aromatic heterocycles. The first kappa shape index (κ1) is 13.1. The molecule has 2 aromatic carbocycles. The number of hydrogen-bond acceptors (Lipinski definition) is 5. The molecule has 104 valence electrons. The van der Waals surface area contributed by atoms with Crippen molar-refractivity contribution in [1.82, 2.24) is 10.2 Å². The molecule has 1 N–H and O–H groups in total. The zero-order valence-electron chi connectivity index (χ0n) is 11.5. The van der Waals surface area contributed by atoms with Crippen LogP contribution in [0.3, 0.4) is 0 Å². The lowest BCUT2D eigenvalue weighted by atomic mass is 10.2. The van der Waals surface area contributed by atoms with Crippen molar-refractivity contribution in [3.05, 3.63) is 60.3 Å². The molecular weight excluding hydrogens is 264 g/mol. The van der Waals surface area contributed by atoms with Gasteiger partial charge in [-0.1, -0.05) is 36.4 Å². The predicted octanol–water partition coefficient (Wildman–Crippen LogP) is 3.08. The summed E-state index contributed by atoms with van der Waals surface area (Å²) in [4.78, 5) is 0. The summed E-state index contributed by atoms with van der Waals surface area (Å²) in [6.45, 7) is 0. The molecule has 0 unspecified atom stereocenters. The Hall–Kier alpha value is -2.95. The Morgan fingerprint density at radius 3 is 2.95 bits per heavy atom. The van der Waals surface area contributed by atoms with Crippen LogP contribution in [0.2, 0.25) is 0 Å². The first-order valence-electron chi connectivity index (χ1n) is 6.50. The minimum atomic E-state index is 0.632. The Labute approximate surface area is 122 Å². The van der Waals surface area contributed by atoms with Crippen LogP contribution in [0, 0.1) is 0 Å². The normalized spacial score (nSPS) is 10.9. The third-order valence-electron chi connectivity index (χ3n) is 3.05. The van der Waals surface area contributed by atoms with Crippen LogP contribution in [0.4, 0.5) is 5.82 Å². The second kappa shape index (κ2) is 6.00. The summed E-state index contributed by atoms with van der Waals surface area (Å²) < 4.78 is 5.17. The molecule has 0 aliphatic rings. The van der Waals surface area contributed by atoms with Crippen LogP contribution >= 0.6 is 0 Å². The molecule has 5 heteroatoms. The average Bonchev–Trinajstić information content (AvgIpc) is 2.55. The summed E-state index contributed by atoms with van der Waals surface area (Å²) in [5, 5.41) is 14.2. The summed E-state index contributed by atoms with van der Waals surface area (Å²) in [5.74, 6) is 1.43. The smallest absolute Gasteiger partial charge is 0.176 e. The van der Waals surface area contributed by atoms with Gasteiger partial charge < -0.3 is 4.74 Å². The molecule has 1 heterocycles. The molecule has 21 heavy (non-hydrogen) atoms. The third-order valence-corrected chi connectivity index (χ3v) is 3.05. The van der Waals surface area contributed by atoms with Crippen molar-refractivity contribution in [2.75, 3.05) is 12.5 Å². The van der Waals surface area contributed by atoms with Crippen LogP contribution in [0.25, 0.3) is 10.8 Å². The number of benzene rings is 2. The molecule has 0 spiro atoms. The van der Waals surface area contributed by atoms with Crippen LogP contribution in [0.15, 0.2) is 59.8 Å². The summed E-state index contributed by atoms with van der Waals surface area (Å²) in [6.07, 6.45) is 3.44. The number of hydrazone groups is 1. The highest BCUT2D eigenvalue weighted by atomic mass is 16.5. The third kappa shape index (κ3) is 2.97. The number of hydrogen-bond donors (Lipinski definition) is 1. The minimum absolute atomic E-state index is 0.632. The van der Waals surface area contributed by atoms with Crippen molar-refractivity contribution in [3.63, 3.8) is 0 Å². The number of anilines is 1. The number of aromatic nitrogens is 2. The summed E-state index contributed by atoms with van der Waals surface area (Å²) in [5.41, 5.74) is 3.87. The Kier molecular flexibility index (Phi) is 3.73. The fourth-order valence-corrected chi connectivity index (χ4v) is 2.00. The predicted molar refractivity (Wildman–Crippen MR) is 83.7 cm³/mol. The molecule has 0 amide bonds. The van der Waals surface area contributed by atoms with Crippen molar-refractivity contribution in [1.29, 1.82) is 0 Å². The van der Waals surface area contributed by atoms with Crippen LogP contribution in [0.1, 0.15) is 5.56 Å². The molecular formula is C16H14N4O. The fourth-order valence-electron chi connectivity index (χ4n) is 2.00. The molecule has 0 aliphatic carbocycles. The van der Waals surface area contributed by atoms with Crippen LogP contribution in [-0.2, 0) is 0 Å². The second-order valence-corrected chi connectivity index (χ2v) is 4.43. The lowest BCUT2D eigenvalue weighted by Crippen LogP contribution is -1.96.